The van der Waals surface area contributed by atoms with Crippen molar-refractivity contribution < 1.29 is 8.95 Å². The van der Waals surface area contributed by atoms with Gasteiger partial charge in [0.05, 0.1) is 22.8 Å². The molecule has 0 aromatic heterocycles. The van der Waals surface area contributed by atoms with E-state index < -0.39 is 10.8 Å². The summed E-state index contributed by atoms with van der Waals surface area (Å²) in [5, 5.41) is 0. The van der Waals surface area contributed by atoms with Gasteiger partial charge in [-0.2, -0.15) is 0 Å². The van der Waals surface area contributed by atoms with Crippen molar-refractivity contribution >= 4 is 10.8 Å². The van der Waals surface area contributed by atoms with E-state index in [0.29, 0.717) is 5.75 Å². The van der Waals surface area contributed by atoms with Crippen molar-refractivity contribution in [2.24, 2.45) is 0 Å². The molecule has 0 spiro atoms. The second-order valence-corrected chi connectivity index (χ2v) is 6.23. The fourth-order valence-electron chi connectivity index (χ4n) is 1.10. The number of para-hydroxylation sites is 1. The van der Waals surface area contributed by atoms with Gasteiger partial charge in [0.25, 0.3) is 0 Å². The Bertz CT molecular complexity index is 339. The molecule has 0 bridgehead atoms. The van der Waals surface area contributed by atoms with E-state index in [4.69, 9.17) is 4.74 Å². The van der Waals surface area contributed by atoms with E-state index in [0.717, 1.165) is 4.90 Å². The first-order valence-corrected chi connectivity index (χ1v) is 5.66. The van der Waals surface area contributed by atoms with Gasteiger partial charge in [-0.1, -0.05) is 12.1 Å². The van der Waals surface area contributed by atoms with Gasteiger partial charge in [0.15, 0.2) is 0 Å². The van der Waals surface area contributed by atoms with Crippen molar-refractivity contribution in [3.05, 3.63) is 24.3 Å². The first-order valence-electron chi connectivity index (χ1n) is 4.51. The molecule has 0 saturated carbocycles. The van der Waals surface area contributed by atoms with E-state index >= 15 is 0 Å². The maximum atomic E-state index is 12.1. The van der Waals surface area contributed by atoms with E-state index in [2.05, 4.69) is 0 Å². The van der Waals surface area contributed by atoms with Crippen molar-refractivity contribution in [1.29, 1.82) is 0 Å². The Morgan fingerprint density at radius 1 is 1.21 bits per heavy atom. The molecular weight excluding hydrogens is 196 g/mol. The maximum Gasteiger partial charge on any atom is 0.134 e. The molecule has 0 heterocycles. The highest BCUT2D eigenvalue weighted by molar-refractivity contribution is 7.86. The summed E-state index contributed by atoms with van der Waals surface area (Å²) in [4.78, 5) is 0.766. The van der Waals surface area contributed by atoms with E-state index in [9.17, 15) is 4.21 Å². The van der Waals surface area contributed by atoms with Crippen LogP contribution in [0.3, 0.4) is 0 Å². The topological polar surface area (TPSA) is 26.3 Å². The van der Waals surface area contributed by atoms with Crippen molar-refractivity contribution in [3.63, 3.8) is 0 Å². The largest absolute Gasteiger partial charge is 0.495 e. The summed E-state index contributed by atoms with van der Waals surface area (Å²) in [5.74, 6) is 0.695. The van der Waals surface area contributed by atoms with Gasteiger partial charge in [-0.3, -0.25) is 4.21 Å². The smallest absolute Gasteiger partial charge is 0.134 e. The highest BCUT2D eigenvalue weighted by Crippen LogP contribution is 2.27. The molecule has 1 rings (SSSR count). The average Bonchev–Trinajstić information content (AvgIpc) is 2.15. The number of benzene rings is 1. The predicted octanol–water partition coefficient (Wildman–Crippen LogP) is 2.60. The van der Waals surface area contributed by atoms with Crippen LogP contribution >= 0.6 is 0 Å². The normalized spacial score (nSPS) is 13.7. The number of hydrogen-bond acceptors (Lipinski definition) is 2. The van der Waals surface area contributed by atoms with Crippen LogP contribution in [-0.2, 0) is 10.8 Å². The minimum absolute atomic E-state index is 0.255. The Labute approximate surface area is 87.7 Å². The van der Waals surface area contributed by atoms with Gasteiger partial charge < -0.3 is 4.74 Å². The van der Waals surface area contributed by atoms with Crippen LogP contribution in [0.15, 0.2) is 29.2 Å². The monoisotopic (exact) mass is 212 g/mol. The molecule has 0 saturated heterocycles. The minimum Gasteiger partial charge on any atom is -0.495 e. The van der Waals surface area contributed by atoms with Gasteiger partial charge in [-0.25, -0.2) is 0 Å². The molecule has 14 heavy (non-hydrogen) atoms. The first kappa shape index (κ1) is 11.2. The van der Waals surface area contributed by atoms with Crippen LogP contribution in [0, 0.1) is 0 Å². The Kier molecular flexibility index (Phi) is 3.32. The van der Waals surface area contributed by atoms with Gasteiger partial charge in [0.1, 0.15) is 5.75 Å². The highest BCUT2D eigenvalue weighted by Gasteiger charge is 2.23. The van der Waals surface area contributed by atoms with Crippen LogP contribution in [0.2, 0.25) is 0 Å². The van der Waals surface area contributed by atoms with E-state index in [1.54, 1.807) is 7.11 Å². The number of methoxy groups -OCH3 is 1. The summed E-state index contributed by atoms with van der Waals surface area (Å²) in [7, 11) is 0.559. The molecule has 2 nitrogen and oxygen atoms in total. The second-order valence-electron chi connectivity index (χ2n) is 4.03. The zero-order valence-electron chi connectivity index (χ0n) is 9.03. The van der Waals surface area contributed by atoms with E-state index in [1.807, 2.05) is 45.0 Å². The summed E-state index contributed by atoms with van der Waals surface area (Å²) >= 11 is 0. The fourth-order valence-corrected chi connectivity index (χ4v) is 2.30. The molecule has 78 valence electrons. The van der Waals surface area contributed by atoms with Gasteiger partial charge in [-0.05, 0) is 32.9 Å². The number of ether oxygens (including phenoxy) is 1. The highest BCUT2D eigenvalue weighted by atomic mass is 32.2. The first-order chi connectivity index (χ1) is 6.46. The van der Waals surface area contributed by atoms with Crippen molar-refractivity contribution in [2.45, 2.75) is 30.4 Å². The van der Waals surface area contributed by atoms with Crippen molar-refractivity contribution in [2.75, 3.05) is 7.11 Å². The Morgan fingerprint density at radius 2 is 1.79 bits per heavy atom. The lowest BCUT2D eigenvalue weighted by Gasteiger charge is -2.19. The molecule has 0 fully saturated rings. The lowest BCUT2D eigenvalue weighted by molar-refractivity contribution is 0.403. The molecule has 0 aliphatic carbocycles. The summed E-state index contributed by atoms with van der Waals surface area (Å²) in [5.41, 5.74) is 0. The summed E-state index contributed by atoms with van der Waals surface area (Å²) in [6, 6.07) is 7.43. The Hall–Kier alpha value is -0.830. The van der Waals surface area contributed by atoms with E-state index in [-0.39, 0.29) is 4.75 Å². The zero-order valence-corrected chi connectivity index (χ0v) is 9.85. The van der Waals surface area contributed by atoms with Crippen LogP contribution in [0.5, 0.6) is 5.75 Å². The van der Waals surface area contributed by atoms with Gasteiger partial charge in [-0.15, -0.1) is 0 Å². The van der Waals surface area contributed by atoms with Crippen LogP contribution < -0.4 is 4.74 Å². The lowest BCUT2D eigenvalue weighted by Crippen LogP contribution is -2.22. The molecule has 1 atom stereocenters. The molecule has 0 radical (unpaired) electrons. The predicted molar refractivity (Wildman–Crippen MR) is 59.2 cm³/mol. The van der Waals surface area contributed by atoms with Gasteiger partial charge in [0.2, 0.25) is 0 Å². The summed E-state index contributed by atoms with van der Waals surface area (Å²) in [6.07, 6.45) is 0. The Morgan fingerprint density at radius 3 is 2.29 bits per heavy atom. The zero-order chi connectivity index (χ0) is 10.8. The third kappa shape index (κ3) is 2.35. The van der Waals surface area contributed by atoms with Crippen LogP contribution in [0.25, 0.3) is 0 Å². The third-order valence-electron chi connectivity index (χ3n) is 1.82. The third-order valence-corrected chi connectivity index (χ3v) is 3.67. The maximum absolute atomic E-state index is 12.1. The molecule has 0 unspecified atom stereocenters. The van der Waals surface area contributed by atoms with E-state index in [1.165, 1.54) is 0 Å². The lowest BCUT2D eigenvalue weighted by atomic mass is 10.3. The fraction of sp³-hybridized carbons (Fsp3) is 0.455. The van der Waals surface area contributed by atoms with Crippen LogP contribution in [0.4, 0.5) is 0 Å². The molecule has 1 aromatic carbocycles. The Balaban J connectivity index is 3.13. The summed E-state index contributed by atoms with van der Waals surface area (Å²) in [6.45, 7) is 5.86. The molecule has 0 aliphatic rings. The SMILES string of the molecule is COc1ccccc1[S@](=O)C(C)(C)C. The molecule has 0 amide bonds. The quantitative estimate of drug-likeness (QED) is 0.753. The van der Waals surface area contributed by atoms with Crippen LogP contribution in [-0.4, -0.2) is 16.1 Å². The molecular formula is C11H16O2S. The number of rotatable bonds is 2. The van der Waals surface area contributed by atoms with Crippen molar-refractivity contribution in [3.8, 4) is 5.75 Å². The standard InChI is InChI=1S/C11H16O2S/c1-11(2,3)14(12)10-8-6-5-7-9(10)13-4/h5-8H,1-4H3/t14-/m0/s1. The molecule has 1 aromatic rings. The molecule has 0 N–H and O–H groups in total. The minimum atomic E-state index is -1.04. The van der Waals surface area contributed by atoms with Crippen molar-refractivity contribution in [1.82, 2.24) is 0 Å². The van der Waals surface area contributed by atoms with Crippen LogP contribution in [0.1, 0.15) is 20.8 Å². The molecule has 3 heteroatoms. The van der Waals surface area contributed by atoms with Gasteiger partial charge in [0, 0.05) is 4.75 Å². The average molecular weight is 212 g/mol. The molecule has 0 aliphatic heterocycles. The second kappa shape index (κ2) is 4.13. The number of hydrogen-bond donors (Lipinski definition) is 0. The summed E-state index contributed by atoms with van der Waals surface area (Å²) < 4.78 is 17.0. The van der Waals surface area contributed by atoms with Gasteiger partial charge >= 0.3 is 0 Å².